The maximum absolute atomic E-state index is 12.7. The van der Waals surface area contributed by atoms with Crippen LogP contribution in [-0.2, 0) is 10.0 Å². The number of phenolic OH excluding ortho intramolecular Hbond substituents is 1. The van der Waals surface area contributed by atoms with Crippen LogP contribution in [0.2, 0.25) is 5.02 Å². The summed E-state index contributed by atoms with van der Waals surface area (Å²) in [5.41, 5.74) is 0.356. The summed E-state index contributed by atoms with van der Waals surface area (Å²) in [5.74, 6) is -0.630. The number of rotatable bonds is 6. The van der Waals surface area contributed by atoms with E-state index in [2.05, 4.69) is 5.32 Å². The molecule has 0 unspecified atom stereocenters. The average molecular weight is 383 g/mol. The van der Waals surface area contributed by atoms with Gasteiger partial charge in [0.2, 0.25) is 10.0 Å². The third-order valence-electron chi connectivity index (χ3n) is 3.67. The van der Waals surface area contributed by atoms with Gasteiger partial charge < -0.3 is 10.4 Å². The molecular weight excluding hydrogens is 364 g/mol. The summed E-state index contributed by atoms with van der Waals surface area (Å²) in [6, 6.07) is 10.3. The molecule has 25 heavy (non-hydrogen) atoms. The Hall–Kier alpha value is -2.09. The predicted molar refractivity (Wildman–Crippen MR) is 97.6 cm³/mol. The number of aromatic hydroxyl groups is 1. The van der Waals surface area contributed by atoms with Gasteiger partial charge >= 0.3 is 0 Å². The molecule has 134 valence electrons. The summed E-state index contributed by atoms with van der Waals surface area (Å²) in [7, 11) is -3.80. The van der Waals surface area contributed by atoms with Crippen molar-refractivity contribution in [1.82, 2.24) is 4.31 Å². The molecule has 0 radical (unpaired) electrons. The zero-order valence-corrected chi connectivity index (χ0v) is 15.4. The van der Waals surface area contributed by atoms with Crippen molar-refractivity contribution in [3.63, 3.8) is 0 Å². The summed E-state index contributed by atoms with van der Waals surface area (Å²) in [5, 5.41) is 12.3. The molecule has 2 aromatic rings. The van der Waals surface area contributed by atoms with E-state index in [4.69, 9.17) is 11.6 Å². The molecule has 0 atom stereocenters. The number of amides is 1. The van der Waals surface area contributed by atoms with Crippen LogP contribution in [0.4, 0.5) is 5.69 Å². The Labute approximate surface area is 152 Å². The first-order valence-corrected chi connectivity index (χ1v) is 9.52. The van der Waals surface area contributed by atoms with Crippen LogP contribution in [-0.4, -0.2) is 36.8 Å². The normalized spacial score (nSPS) is 11.5. The summed E-state index contributed by atoms with van der Waals surface area (Å²) < 4.78 is 26.6. The lowest BCUT2D eigenvalue weighted by Crippen LogP contribution is -2.31. The van der Waals surface area contributed by atoms with Gasteiger partial charge in [0.05, 0.1) is 10.7 Å². The first-order valence-electron chi connectivity index (χ1n) is 7.70. The van der Waals surface area contributed by atoms with Crippen molar-refractivity contribution < 1.29 is 18.3 Å². The second-order valence-electron chi connectivity index (χ2n) is 5.21. The van der Waals surface area contributed by atoms with Crippen LogP contribution in [0.3, 0.4) is 0 Å². The minimum absolute atomic E-state index is 0.0472. The van der Waals surface area contributed by atoms with E-state index in [9.17, 15) is 18.3 Å². The minimum atomic E-state index is -3.80. The van der Waals surface area contributed by atoms with Gasteiger partial charge in [0, 0.05) is 18.7 Å². The Morgan fingerprint density at radius 3 is 2.40 bits per heavy atom. The molecule has 8 heteroatoms. The average Bonchev–Trinajstić information content (AvgIpc) is 2.58. The first-order chi connectivity index (χ1) is 11.8. The number of halogens is 1. The van der Waals surface area contributed by atoms with E-state index in [1.54, 1.807) is 26.0 Å². The van der Waals surface area contributed by atoms with Crippen molar-refractivity contribution in [2.45, 2.75) is 18.7 Å². The number of anilines is 1. The Morgan fingerprint density at radius 1 is 1.16 bits per heavy atom. The summed E-state index contributed by atoms with van der Waals surface area (Å²) in [6.07, 6.45) is 0. The van der Waals surface area contributed by atoms with E-state index < -0.39 is 15.9 Å². The van der Waals surface area contributed by atoms with E-state index in [0.29, 0.717) is 13.1 Å². The van der Waals surface area contributed by atoms with Gasteiger partial charge in [0.25, 0.3) is 5.91 Å². The predicted octanol–water partition coefficient (Wildman–Crippen LogP) is 3.33. The maximum Gasteiger partial charge on any atom is 0.255 e. The molecule has 2 rings (SSSR count). The number of sulfonamides is 1. The zero-order valence-electron chi connectivity index (χ0n) is 13.9. The number of phenols is 1. The second-order valence-corrected chi connectivity index (χ2v) is 7.52. The maximum atomic E-state index is 12.7. The monoisotopic (exact) mass is 382 g/mol. The number of nitrogens with zero attached hydrogens (tertiary/aromatic N) is 1. The van der Waals surface area contributed by atoms with Crippen molar-refractivity contribution in [3.8, 4) is 5.75 Å². The van der Waals surface area contributed by atoms with Gasteiger partial charge in [-0.1, -0.05) is 37.6 Å². The van der Waals surface area contributed by atoms with E-state index >= 15 is 0 Å². The molecule has 0 fully saturated rings. The van der Waals surface area contributed by atoms with E-state index in [1.807, 2.05) is 0 Å². The van der Waals surface area contributed by atoms with Crippen molar-refractivity contribution in [2.75, 3.05) is 18.4 Å². The Kier molecular flexibility index (Phi) is 6.05. The van der Waals surface area contributed by atoms with Gasteiger partial charge in [-0.25, -0.2) is 8.42 Å². The molecule has 0 aliphatic carbocycles. The molecule has 2 N–H and O–H groups in total. The van der Waals surface area contributed by atoms with Crippen molar-refractivity contribution in [3.05, 3.63) is 53.1 Å². The van der Waals surface area contributed by atoms with Crippen LogP contribution < -0.4 is 5.32 Å². The molecule has 0 heterocycles. The summed E-state index contributed by atoms with van der Waals surface area (Å²) in [4.78, 5) is 12.3. The summed E-state index contributed by atoms with van der Waals surface area (Å²) >= 11 is 6.05. The lowest BCUT2D eigenvalue weighted by atomic mass is 10.2. The highest BCUT2D eigenvalue weighted by Crippen LogP contribution is 2.27. The number of nitrogens with one attached hydrogen (secondary N) is 1. The van der Waals surface area contributed by atoms with Crippen LogP contribution in [0.5, 0.6) is 5.75 Å². The van der Waals surface area contributed by atoms with Gasteiger partial charge in [-0.2, -0.15) is 4.31 Å². The van der Waals surface area contributed by atoms with Crippen LogP contribution in [0, 0.1) is 0 Å². The first kappa shape index (κ1) is 19.2. The SMILES string of the molecule is CCN(CC)S(=O)(=O)c1cc(C(=O)Nc2ccccc2O)ccc1Cl. The van der Waals surface area contributed by atoms with Crippen molar-refractivity contribution in [2.24, 2.45) is 0 Å². The quantitative estimate of drug-likeness (QED) is 0.750. The number of carbonyl (C=O) groups excluding carboxylic acids is 1. The summed E-state index contributed by atoms with van der Waals surface area (Å²) in [6.45, 7) is 4.04. The van der Waals surface area contributed by atoms with E-state index in [-0.39, 0.29) is 26.9 Å². The number of para-hydroxylation sites is 2. The number of hydrogen-bond acceptors (Lipinski definition) is 4. The van der Waals surface area contributed by atoms with Gasteiger partial charge in [0.15, 0.2) is 0 Å². The smallest absolute Gasteiger partial charge is 0.255 e. The largest absolute Gasteiger partial charge is 0.506 e. The molecule has 0 bridgehead atoms. The minimum Gasteiger partial charge on any atom is -0.506 e. The fraction of sp³-hybridized carbons (Fsp3) is 0.235. The fourth-order valence-electron chi connectivity index (χ4n) is 2.32. The zero-order chi connectivity index (χ0) is 18.6. The lowest BCUT2D eigenvalue weighted by Gasteiger charge is -2.19. The standard InChI is InChI=1S/C17H19ClN2O4S/c1-3-20(4-2)25(23,24)16-11-12(9-10-13(16)18)17(22)19-14-7-5-6-8-15(14)21/h5-11,21H,3-4H2,1-2H3,(H,19,22). The molecule has 0 spiro atoms. The van der Waals surface area contributed by atoms with E-state index in [1.165, 1.54) is 34.6 Å². The van der Waals surface area contributed by atoms with Crippen LogP contribution in [0.15, 0.2) is 47.4 Å². The van der Waals surface area contributed by atoms with Gasteiger partial charge in [0.1, 0.15) is 10.6 Å². The molecule has 0 saturated heterocycles. The Morgan fingerprint density at radius 2 is 1.80 bits per heavy atom. The molecule has 2 aromatic carbocycles. The lowest BCUT2D eigenvalue weighted by molar-refractivity contribution is 0.102. The molecule has 0 aliphatic heterocycles. The van der Waals surface area contributed by atoms with Crippen LogP contribution in [0.25, 0.3) is 0 Å². The Bertz CT molecular complexity index is 880. The molecule has 0 aromatic heterocycles. The fourth-order valence-corrected chi connectivity index (χ4v) is 4.28. The van der Waals surface area contributed by atoms with Gasteiger partial charge in [-0.05, 0) is 30.3 Å². The highest BCUT2D eigenvalue weighted by atomic mass is 35.5. The van der Waals surface area contributed by atoms with Gasteiger partial charge in [-0.3, -0.25) is 4.79 Å². The third-order valence-corrected chi connectivity index (χ3v) is 6.20. The molecular formula is C17H19ClN2O4S. The molecule has 0 aliphatic rings. The van der Waals surface area contributed by atoms with Crippen LogP contribution >= 0.6 is 11.6 Å². The third kappa shape index (κ3) is 4.12. The van der Waals surface area contributed by atoms with Crippen LogP contribution in [0.1, 0.15) is 24.2 Å². The van der Waals surface area contributed by atoms with E-state index in [0.717, 1.165) is 0 Å². The molecule has 6 nitrogen and oxygen atoms in total. The van der Waals surface area contributed by atoms with Gasteiger partial charge in [-0.15, -0.1) is 0 Å². The van der Waals surface area contributed by atoms with Crippen molar-refractivity contribution >= 4 is 33.2 Å². The topological polar surface area (TPSA) is 86.7 Å². The highest BCUT2D eigenvalue weighted by molar-refractivity contribution is 7.89. The number of carbonyl (C=O) groups is 1. The number of hydrogen-bond donors (Lipinski definition) is 2. The highest BCUT2D eigenvalue weighted by Gasteiger charge is 2.25. The second kappa shape index (κ2) is 7.86. The van der Waals surface area contributed by atoms with Crippen molar-refractivity contribution in [1.29, 1.82) is 0 Å². The molecule has 1 amide bonds. The Balaban J connectivity index is 2.39. The molecule has 0 saturated carbocycles. The number of benzene rings is 2.